The molecule has 0 aliphatic carbocycles. The van der Waals surface area contributed by atoms with Gasteiger partial charge in [-0.1, -0.05) is 42.5 Å². The largest absolute Gasteiger partial charge is 0.497 e. The molecule has 0 unspecified atom stereocenters. The fourth-order valence-electron chi connectivity index (χ4n) is 2.71. The summed E-state index contributed by atoms with van der Waals surface area (Å²) in [5, 5.41) is 13.5. The van der Waals surface area contributed by atoms with E-state index in [0.29, 0.717) is 13.2 Å². The summed E-state index contributed by atoms with van der Waals surface area (Å²) in [6.07, 6.45) is -1.01. The summed E-state index contributed by atoms with van der Waals surface area (Å²) < 4.78 is 15.8. The molecule has 0 aliphatic heterocycles. The van der Waals surface area contributed by atoms with Crippen LogP contribution in [0.4, 0.5) is 0 Å². The van der Waals surface area contributed by atoms with Gasteiger partial charge in [0.25, 0.3) is 0 Å². The first-order valence-corrected chi connectivity index (χ1v) is 8.78. The van der Waals surface area contributed by atoms with E-state index in [9.17, 15) is 9.90 Å². The second-order valence-electron chi connectivity index (χ2n) is 6.32. The molecule has 0 heterocycles. The summed E-state index contributed by atoms with van der Waals surface area (Å²) in [6, 6.07) is 17.1. The average Bonchev–Trinajstić information content (AvgIpc) is 2.71. The van der Waals surface area contributed by atoms with Crippen LogP contribution < -0.4 is 10.1 Å². The van der Waals surface area contributed by atoms with Crippen molar-refractivity contribution in [2.45, 2.75) is 31.7 Å². The van der Waals surface area contributed by atoms with Crippen LogP contribution in [0.2, 0.25) is 0 Å². The molecular weight excluding hydrogens is 346 g/mol. The number of benzene rings is 2. The molecule has 2 aromatic rings. The lowest BCUT2D eigenvalue weighted by molar-refractivity contribution is -0.158. The maximum Gasteiger partial charge on any atom is 0.331 e. The lowest BCUT2D eigenvalue weighted by atomic mass is 9.93. The van der Waals surface area contributed by atoms with E-state index in [1.54, 1.807) is 14.0 Å². The summed E-state index contributed by atoms with van der Waals surface area (Å²) in [6.45, 7) is 2.21. The number of hydrogen-bond donors (Lipinski definition) is 2. The number of ether oxygens (including phenoxy) is 3. The van der Waals surface area contributed by atoms with Crippen molar-refractivity contribution in [3.63, 3.8) is 0 Å². The Hall–Kier alpha value is -2.41. The summed E-state index contributed by atoms with van der Waals surface area (Å²) in [4.78, 5) is 12.5. The maximum atomic E-state index is 12.5. The molecule has 146 valence electrons. The Kier molecular flexibility index (Phi) is 7.79. The zero-order chi connectivity index (χ0) is 19.7. The lowest BCUT2D eigenvalue weighted by Crippen LogP contribution is -2.62. The van der Waals surface area contributed by atoms with Gasteiger partial charge >= 0.3 is 5.97 Å². The molecule has 6 nitrogen and oxygen atoms in total. The quantitative estimate of drug-likeness (QED) is 0.623. The number of rotatable bonds is 10. The number of carbonyl (C=O) groups excluding carboxylic acids is 1. The third-order valence-electron chi connectivity index (χ3n) is 4.47. The Morgan fingerprint density at radius 2 is 1.74 bits per heavy atom. The molecule has 0 saturated heterocycles. The number of carbonyl (C=O) groups is 1. The minimum atomic E-state index is -1.37. The highest BCUT2D eigenvalue weighted by Crippen LogP contribution is 2.18. The Labute approximate surface area is 160 Å². The predicted molar refractivity (Wildman–Crippen MR) is 102 cm³/mol. The van der Waals surface area contributed by atoms with E-state index in [-0.39, 0.29) is 6.61 Å². The summed E-state index contributed by atoms with van der Waals surface area (Å²) in [5.41, 5.74) is 0.550. The molecule has 0 fully saturated rings. The Balaban J connectivity index is 2.09. The van der Waals surface area contributed by atoms with Gasteiger partial charge in [-0.05, 0) is 30.2 Å². The van der Waals surface area contributed by atoms with Gasteiger partial charge in [0, 0.05) is 6.54 Å². The van der Waals surface area contributed by atoms with Gasteiger partial charge in [0.05, 0.1) is 33.5 Å². The lowest BCUT2D eigenvalue weighted by Gasteiger charge is -2.34. The van der Waals surface area contributed by atoms with Gasteiger partial charge in [-0.25, -0.2) is 4.79 Å². The van der Waals surface area contributed by atoms with Crippen LogP contribution in [0.5, 0.6) is 5.75 Å². The normalized spacial score (nSPS) is 14.2. The third kappa shape index (κ3) is 5.53. The molecule has 2 aromatic carbocycles. The number of esters is 1. The van der Waals surface area contributed by atoms with Crippen LogP contribution in [0.1, 0.15) is 18.1 Å². The van der Waals surface area contributed by atoms with Crippen molar-refractivity contribution in [2.24, 2.45) is 0 Å². The van der Waals surface area contributed by atoms with E-state index in [2.05, 4.69) is 5.32 Å². The Morgan fingerprint density at radius 3 is 2.30 bits per heavy atom. The van der Waals surface area contributed by atoms with Crippen LogP contribution in [0.25, 0.3) is 0 Å². The predicted octanol–water partition coefficient (Wildman–Crippen LogP) is 2.29. The molecule has 6 heteroatoms. The molecule has 0 amide bonds. The topological polar surface area (TPSA) is 77.0 Å². The number of aliphatic hydroxyl groups is 1. The molecule has 2 atom stereocenters. The summed E-state index contributed by atoms with van der Waals surface area (Å²) in [7, 11) is 2.90. The molecule has 0 radical (unpaired) electrons. The van der Waals surface area contributed by atoms with Crippen molar-refractivity contribution in [1.82, 2.24) is 5.32 Å². The minimum absolute atomic E-state index is 0.0254. The fourth-order valence-corrected chi connectivity index (χ4v) is 2.71. The SMILES string of the molecule is COC(=O)[C@](COCc1ccccc1)(NCc1ccc(OC)cc1)[C@@H](C)O. The van der Waals surface area contributed by atoms with Crippen molar-refractivity contribution in [1.29, 1.82) is 0 Å². The van der Waals surface area contributed by atoms with Gasteiger partial charge in [0.15, 0.2) is 5.54 Å². The van der Waals surface area contributed by atoms with E-state index in [0.717, 1.165) is 16.9 Å². The first-order chi connectivity index (χ1) is 13.0. The van der Waals surface area contributed by atoms with Gasteiger partial charge in [-0.15, -0.1) is 0 Å². The number of nitrogens with one attached hydrogen (secondary N) is 1. The Morgan fingerprint density at radius 1 is 1.07 bits per heavy atom. The molecule has 2 rings (SSSR count). The summed E-state index contributed by atoms with van der Waals surface area (Å²) in [5.74, 6) is 0.179. The number of hydrogen-bond acceptors (Lipinski definition) is 6. The van der Waals surface area contributed by atoms with Crippen LogP contribution in [0, 0.1) is 0 Å². The highest BCUT2D eigenvalue weighted by molar-refractivity contribution is 5.81. The number of aliphatic hydroxyl groups excluding tert-OH is 1. The van der Waals surface area contributed by atoms with E-state index in [1.807, 2.05) is 54.6 Å². The van der Waals surface area contributed by atoms with Crippen LogP contribution in [0.3, 0.4) is 0 Å². The van der Waals surface area contributed by atoms with Gasteiger partial charge in [0.2, 0.25) is 0 Å². The minimum Gasteiger partial charge on any atom is -0.497 e. The van der Waals surface area contributed by atoms with Crippen molar-refractivity contribution >= 4 is 5.97 Å². The van der Waals surface area contributed by atoms with Crippen molar-refractivity contribution in [3.05, 3.63) is 65.7 Å². The molecule has 2 N–H and O–H groups in total. The second-order valence-corrected chi connectivity index (χ2v) is 6.32. The third-order valence-corrected chi connectivity index (χ3v) is 4.47. The van der Waals surface area contributed by atoms with Gasteiger partial charge in [-0.2, -0.15) is 0 Å². The number of methoxy groups -OCH3 is 2. The molecule has 0 bridgehead atoms. The van der Waals surface area contributed by atoms with Crippen molar-refractivity contribution in [3.8, 4) is 5.75 Å². The van der Waals surface area contributed by atoms with Crippen LogP contribution in [0.15, 0.2) is 54.6 Å². The standard InChI is InChI=1S/C21H27NO5/c1-16(23)21(20(24)26-3,15-27-14-18-7-5-4-6-8-18)22-13-17-9-11-19(25-2)12-10-17/h4-12,16,22-23H,13-15H2,1-3H3/t16-,21-/m1/s1. The zero-order valence-corrected chi connectivity index (χ0v) is 16.0. The highest BCUT2D eigenvalue weighted by Gasteiger charge is 2.44. The molecule has 0 saturated carbocycles. The van der Waals surface area contributed by atoms with E-state index in [1.165, 1.54) is 7.11 Å². The fraction of sp³-hybridized carbons (Fsp3) is 0.381. The van der Waals surface area contributed by atoms with Crippen LogP contribution >= 0.6 is 0 Å². The van der Waals surface area contributed by atoms with E-state index >= 15 is 0 Å². The highest BCUT2D eigenvalue weighted by atomic mass is 16.5. The first kappa shape index (κ1) is 20.9. The average molecular weight is 373 g/mol. The van der Waals surface area contributed by atoms with E-state index < -0.39 is 17.6 Å². The van der Waals surface area contributed by atoms with Gasteiger partial charge in [-0.3, -0.25) is 5.32 Å². The molecule has 27 heavy (non-hydrogen) atoms. The van der Waals surface area contributed by atoms with Crippen LogP contribution in [-0.2, 0) is 27.4 Å². The zero-order valence-electron chi connectivity index (χ0n) is 16.0. The smallest absolute Gasteiger partial charge is 0.331 e. The molecular formula is C21H27NO5. The maximum absolute atomic E-state index is 12.5. The second kappa shape index (κ2) is 10.1. The molecule has 0 aromatic heterocycles. The van der Waals surface area contributed by atoms with Crippen molar-refractivity contribution < 1.29 is 24.1 Å². The monoisotopic (exact) mass is 373 g/mol. The molecule has 0 spiro atoms. The first-order valence-electron chi connectivity index (χ1n) is 8.78. The molecule has 0 aliphatic rings. The van der Waals surface area contributed by atoms with Crippen molar-refractivity contribution in [2.75, 3.05) is 20.8 Å². The van der Waals surface area contributed by atoms with Crippen LogP contribution in [-0.4, -0.2) is 43.5 Å². The van der Waals surface area contributed by atoms with Gasteiger partial charge < -0.3 is 19.3 Å². The Bertz CT molecular complexity index is 702. The van der Waals surface area contributed by atoms with Gasteiger partial charge in [0.1, 0.15) is 5.75 Å². The van der Waals surface area contributed by atoms with E-state index in [4.69, 9.17) is 14.2 Å². The summed E-state index contributed by atoms with van der Waals surface area (Å²) >= 11 is 0.